The second-order valence-corrected chi connectivity index (χ2v) is 5.16. The van der Waals surface area contributed by atoms with Crippen molar-refractivity contribution in [1.29, 1.82) is 0 Å². The van der Waals surface area contributed by atoms with Crippen molar-refractivity contribution in [3.8, 4) is 11.5 Å². The Labute approximate surface area is 129 Å². The third kappa shape index (κ3) is 3.99. The number of hydrogen-bond acceptors (Lipinski definition) is 3. The van der Waals surface area contributed by atoms with Gasteiger partial charge in [0.05, 0.1) is 6.61 Å². The van der Waals surface area contributed by atoms with Crippen molar-refractivity contribution in [2.24, 2.45) is 0 Å². The standard InChI is InChI=1S/C17H17ClO3/c1-2-21-16-11-12(8-9-15(16)19)10-14(18)17(20)13-6-4-3-5-7-13/h3-9,11,14,19H,2,10H2,1H3. The molecule has 21 heavy (non-hydrogen) atoms. The second-order valence-electron chi connectivity index (χ2n) is 4.64. The lowest BCUT2D eigenvalue weighted by atomic mass is 10.0. The molecule has 1 N–H and O–H groups in total. The predicted molar refractivity (Wildman–Crippen MR) is 83.4 cm³/mol. The minimum absolute atomic E-state index is 0.0844. The Kier molecular flexibility index (Phi) is 5.23. The number of halogens is 1. The maximum Gasteiger partial charge on any atom is 0.180 e. The molecule has 4 heteroatoms. The molecule has 2 rings (SSSR count). The Bertz CT molecular complexity index is 611. The Balaban J connectivity index is 2.11. The van der Waals surface area contributed by atoms with Crippen molar-refractivity contribution in [3.05, 3.63) is 59.7 Å². The van der Waals surface area contributed by atoms with Crippen LogP contribution in [0.1, 0.15) is 22.8 Å². The minimum Gasteiger partial charge on any atom is -0.504 e. The summed E-state index contributed by atoms with van der Waals surface area (Å²) in [4.78, 5) is 12.2. The van der Waals surface area contributed by atoms with Crippen LogP contribution in [0.4, 0.5) is 0 Å². The number of hydrogen-bond donors (Lipinski definition) is 1. The molecule has 110 valence electrons. The summed E-state index contributed by atoms with van der Waals surface area (Å²) in [7, 11) is 0. The number of alkyl halides is 1. The van der Waals surface area contributed by atoms with E-state index in [0.29, 0.717) is 24.3 Å². The molecule has 0 fully saturated rings. The smallest absolute Gasteiger partial charge is 0.180 e. The van der Waals surface area contributed by atoms with Gasteiger partial charge >= 0.3 is 0 Å². The lowest BCUT2D eigenvalue weighted by molar-refractivity contribution is 0.0986. The molecule has 0 aromatic heterocycles. The van der Waals surface area contributed by atoms with E-state index in [1.54, 1.807) is 30.3 Å². The van der Waals surface area contributed by atoms with E-state index in [1.165, 1.54) is 0 Å². The quantitative estimate of drug-likeness (QED) is 0.652. The molecule has 0 spiro atoms. The fraction of sp³-hybridized carbons (Fsp3) is 0.235. The maximum atomic E-state index is 12.2. The zero-order chi connectivity index (χ0) is 15.2. The van der Waals surface area contributed by atoms with E-state index in [2.05, 4.69) is 0 Å². The molecule has 1 unspecified atom stereocenters. The van der Waals surface area contributed by atoms with Gasteiger partial charge in [0, 0.05) is 5.56 Å². The first kappa shape index (κ1) is 15.4. The molecule has 0 heterocycles. The first-order chi connectivity index (χ1) is 10.1. The Morgan fingerprint density at radius 2 is 1.95 bits per heavy atom. The Morgan fingerprint density at radius 3 is 2.62 bits per heavy atom. The van der Waals surface area contributed by atoms with E-state index in [4.69, 9.17) is 16.3 Å². The van der Waals surface area contributed by atoms with E-state index in [0.717, 1.165) is 5.56 Å². The number of rotatable bonds is 6. The molecule has 0 amide bonds. The number of benzene rings is 2. The third-order valence-corrected chi connectivity index (χ3v) is 3.43. The van der Waals surface area contributed by atoms with Crippen LogP contribution in [0.5, 0.6) is 11.5 Å². The number of carbonyl (C=O) groups excluding carboxylic acids is 1. The highest BCUT2D eigenvalue weighted by Crippen LogP contribution is 2.28. The molecule has 0 saturated heterocycles. The summed E-state index contributed by atoms with van der Waals surface area (Å²) < 4.78 is 5.33. The van der Waals surface area contributed by atoms with Gasteiger partial charge in [0.15, 0.2) is 17.3 Å². The molecular formula is C17H17ClO3. The topological polar surface area (TPSA) is 46.5 Å². The molecular weight excluding hydrogens is 288 g/mol. The van der Waals surface area contributed by atoms with Gasteiger partial charge in [-0.3, -0.25) is 4.79 Å². The highest BCUT2D eigenvalue weighted by molar-refractivity contribution is 6.34. The van der Waals surface area contributed by atoms with Crippen LogP contribution in [-0.4, -0.2) is 22.9 Å². The summed E-state index contributed by atoms with van der Waals surface area (Å²) in [6.45, 7) is 2.31. The average molecular weight is 305 g/mol. The number of ether oxygens (including phenoxy) is 1. The molecule has 0 aliphatic rings. The van der Waals surface area contributed by atoms with Gasteiger partial charge in [-0.15, -0.1) is 11.6 Å². The molecule has 1 atom stereocenters. The molecule has 0 bridgehead atoms. The van der Waals surface area contributed by atoms with Gasteiger partial charge in [-0.05, 0) is 31.0 Å². The average Bonchev–Trinajstić information content (AvgIpc) is 2.51. The summed E-state index contributed by atoms with van der Waals surface area (Å²) in [5, 5.41) is 9.02. The van der Waals surface area contributed by atoms with Crippen molar-refractivity contribution in [2.75, 3.05) is 6.61 Å². The largest absolute Gasteiger partial charge is 0.504 e. The van der Waals surface area contributed by atoms with Crippen molar-refractivity contribution in [1.82, 2.24) is 0 Å². The number of phenolic OH excluding ortho intramolecular Hbond substituents is 1. The summed E-state index contributed by atoms with van der Waals surface area (Å²) >= 11 is 6.22. The molecule has 2 aromatic rings. The monoisotopic (exact) mass is 304 g/mol. The summed E-state index contributed by atoms with van der Waals surface area (Å²) in [6, 6.07) is 14.0. The van der Waals surface area contributed by atoms with Crippen LogP contribution in [0.25, 0.3) is 0 Å². The van der Waals surface area contributed by atoms with Gasteiger partial charge in [-0.1, -0.05) is 36.4 Å². The summed E-state index contributed by atoms with van der Waals surface area (Å²) in [5.74, 6) is 0.385. The van der Waals surface area contributed by atoms with Crippen LogP contribution in [0.3, 0.4) is 0 Å². The maximum absolute atomic E-state index is 12.2. The third-order valence-electron chi connectivity index (χ3n) is 3.08. The zero-order valence-electron chi connectivity index (χ0n) is 11.8. The van der Waals surface area contributed by atoms with Crippen molar-refractivity contribution in [2.45, 2.75) is 18.7 Å². The Morgan fingerprint density at radius 1 is 1.24 bits per heavy atom. The van der Waals surface area contributed by atoms with Crippen LogP contribution in [0.2, 0.25) is 0 Å². The van der Waals surface area contributed by atoms with Gasteiger partial charge in [-0.2, -0.15) is 0 Å². The number of ketones is 1. The number of aromatic hydroxyl groups is 1. The minimum atomic E-state index is -0.647. The fourth-order valence-corrected chi connectivity index (χ4v) is 2.34. The highest BCUT2D eigenvalue weighted by Gasteiger charge is 2.18. The van der Waals surface area contributed by atoms with Crippen molar-refractivity contribution in [3.63, 3.8) is 0 Å². The van der Waals surface area contributed by atoms with E-state index in [-0.39, 0.29) is 11.5 Å². The van der Waals surface area contributed by atoms with Gasteiger partial charge in [0.1, 0.15) is 5.38 Å². The van der Waals surface area contributed by atoms with E-state index in [9.17, 15) is 9.90 Å². The first-order valence-corrected chi connectivity index (χ1v) is 7.23. The molecule has 0 radical (unpaired) electrons. The van der Waals surface area contributed by atoms with Crippen LogP contribution in [0.15, 0.2) is 48.5 Å². The van der Waals surface area contributed by atoms with Crippen LogP contribution >= 0.6 is 11.6 Å². The normalized spacial score (nSPS) is 11.9. The van der Waals surface area contributed by atoms with Gasteiger partial charge in [0.2, 0.25) is 0 Å². The lowest BCUT2D eigenvalue weighted by Gasteiger charge is -2.11. The molecule has 0 saturated carbocycles. The van der Waals surface area contributed by atoms with E-state index in [1.807, 2.05) is 25.1 Å². The molecule has 2 aromatic carbocycles. The number of carbonyl (C=O) groups is 1. The number of Topliss-reactive ketones (excluding diaryl/α,β-unsaturated/α-hetero) is 1. The van der Waals surface area contributed by atoms with E-state index >= 15 is 0 Å². The molecule has 3 nitrogen and oxygen atoms in total. The van der Waals surface area contributed by atoms with Crippen LogP contribution < -0.4 is 4.74 Å². The Hall–Kier alpha value is -2.00. The van der Waals surface area contributed by atoms with Crippen molar-refractivity contribution >= 4 is 17.4 Å². The van der Waals surface area contributed by atoms with Gasteiger partial charge in [0.25, 0.3) is 0 Å². The zero-order valence-corrected chi connectivity index (χ0v) is 12.5. The number of phenols is 1. The second kappa shape index (κ2) is 7.14. The van der Waals surface area contributed by atoms with Gasteiger partial charge < -0.3 is 9.84 Å². The molecule has 0 aliphatic carbocycles. The van der Waals surface area contributed by atoms with Crippen LogP contribution in [-0.2, 0) is 6.42 Å². The van der Waals surface area contributed by atoms with Crippen molar-refractivity contribution < 1.29 is 14.6 Å². The highest BCUT2D eigenvalue weighted by atomic mass is 35.5. The fourth-order valence-electron chi connectivity index (χ4n) is 2.04. The molecule has 0 aliphatic heterocycles. The van der Waals surface area contributed by atoms with Crippen LogP contribution in [0, 0.1) is 0 Å². The van der Waals surface area contributed by atoms with Gasteiger partial charge in [-0.25, -0.2) is 0 Å². The predicted octanol–water partition coefficient (Wildman–Crippen LogP) is 3.82. The summed E-state index contributed by atoms with van der Waals surface area (Å²) in [5.41, 5.74) is 1.45. The SMILES string of the molecule is CCOc1cc(CC(Cl)C(=O)c2ccccc2)ccc1O. The lowest BCUT2D eigenvalue weighted by Crippen LogP contribution is -2.17. The van der Waals surface area contributed by atoms with E-state index < -0.39 is 5.38 Å². The first-order valence-electron chi connectivity index (χ1n) is 6.80. The summed E-state index contributed by atoms with van der Waals surface area (Å²) in [6.07, 6.45) is 0.385.